The zero-order valence-electron chi connectivity index (χ0n) is 18.2. The van der Waals surface area contributed by atoms with Crippen molar-refractivity contribution in [3.05, 3.63) is 59.7 Å². The standard InChI is InChI=1S/C23H34N4O2/c1-6-24-23(25-16-19-12-13-21(28-4)15-22(19)29-5)26-17-20(27(2)3)14-18-10-8-7-9-11-18/h7-13,15,20H,6,14,16-17H2,1-5H3,(H2,24,25,26). The Hall–Kier alpha value is -2.73. The van der Waals surface area contributed by atoms with Crippen LogP contribution < -0.4 is 20.1 Å². The zero-order chi connectivity index (χ0) is 21.1. The predicted octanol–water partition coefficient (Wildman–Crippen LogP) is 2.93. The maximum atomic E-state index is 5.48. The highest BCUT2D eigenvalue weighted by Crippen LogP contribution is 2.25. The summed E-state index contributed by atoms with van der Waals surface area (Å²) in [6.07, 6.45) is 0.979. The van der Waals surface area contributed by atoms with Crippen LogP contribution in [0.3, 0.4) is 0 Å². The Kier molecular flexibility index (Phi) is 9.31. The van der Waals surface area contributed by atoms with Gasteiger partial charge < -0.3 is 25.0 Å². The highest BCUT2D eigenvalue weighted by atomic mass is 16.5. The molecular formula is C23H34N4O2. The van der Waals surface area contributed by atoms with E-state index in [0.29, 0.717) is 12.6 Å². The van der Waals surface area contributed by atoms with Gasteiger partial charge in [0.2, 0.25) is 0 Å². The second-order valence-electron chi connectivity index (χ2n) is 7.06. The van der Waals surface area contributed by atoms with Crippen LogP contribution in [0.15, 0.2) is 53.5 Å². The van der Waals surface area contributed by atoms with E-state index >= 15 is 0 Å². The van der Waals surface area contributed by atoms with Crippen molar-refractivity contribution in [3.63, 3.8) is 0 Å². The number of methoxy groups -OCH3 is 2. The number of nitrogens with one attached hydrogen (secondary N) is 2. The first-order valence-electron chi connectivity index (χ1n) is 10.0. The molecule has 6 heteroatoms. The SMILES string of the molecule is CCNC(=NCc1ccc(OC)cc1OC)NCC(Cc1ccccc1)N(C)C. The molecule has 0 radical (unpaired) electrons. The van der Waals surface area contributed by atoms with Gasteiger partial charge in [-0.3, -0.25) is 0 Å². The number of ether oxygens (including phenoxy) is 2. The van der Waals surface area contributed by atoms with Crippen molar-refractivity contribution >= 4 is 5.96 Å². The van der Waals surface area contributed by atoms with Crippen LogP contribution >= 0.6 is 0 Å². The van der Waals surface area contributed by atoms with E-state index in [2.05, 4.69) is 66.9 Å². The summed E-state index contributed by atoms with van der Waals surface area (Å²) in [5.41, 5.74) is 2.34. The molecule has 158 valence electrons. The van der Waals surface area contributed by atoms with Crippen LogP contribution in [0, 0.1) is 0 Å². The van der Waals surface area contributed by atoms with E-state index in [-0.39, 0.29) is 0 Å². The van der Waals surface area contributed by atoms with Crippen molar-refractivity contribution in [1.82, 2.24) is 15.5 Å². The van der Waals surface area contributed by atoms with E-state index < -0.39 is 0 Å². The fourth-order valence-corrected chi connectivity index (χ4v) is 3.03. The molecule has 0 aliphatic rings. The van der Waals surface area contributed by atoms with Gasteiger partial charge in [-0.2, -0.15) is 0 Å². The van der Waals surface area contributed by atoms with Gasteiger partial charge in [-0.05, 0) is 45.1 Å². The van der Waals surface area contributed by atoms with Crippen molar-refractivity contribution in [3.8, 4) is 11.5 Å². The van der Waals surface area contributed by atoms with Gasteiger partial charge in [0.15, 0.2) is 5.96 Å². The molecule has 0 saturated heterocycles. The summed E-state index contributed by atoms with van der Waals surface area (Å²) >= 11 is 0. The van der Waals surface area contributed by atoms with Crippen molar-refractivity contribution in [1.29, 1.82) is 0 Å². The van der Waals surface area contributed by atoms with Gasteiger partial charge in [0.05, 0.1) is 20.8 Å². The highest BCUT2D eigenvalue weighted by Gasteiger charge is 2.13. The lowest BCUT2D eigenvalue weighted by molar-refractivity contribution is 0.290. The third-order valence-electron chi connectivity index (χ3n) is 4.80. The molecule has 2 aromatic rings. The summed E-state index contributed by atoms with van der Waals surface area (Å²) < 4.78 is 10.7. The summed E-state index contributed by atoms with van der Waals surface area (Å²) in [5.74, 6) is 2.35. The third kappa shape index (κ3) is 7.31. The molecule has 0 aliphatic carbocycles. The largest absolute Gasteiger partial charge is 0.497 e. The van der Waals surface area contributed by atoms with E-state index in [0.717, 1.165) is 42.5 Å². The van der Waals surface area contributed by atoms with Crippen LogP contribution in [0.2, 0.25) is 0 Å². The van der Waals surface area contributed by atoms with Crippen molar-refractivity contribution in [2.45, 2.75) is 25.9 Å². The number of likely N-dealkylation sites (N-methyl/N-ethyl adjacent to an activating group) is 1. The zero-order valence-corrected chi connectivity index (χ0v) is 18.2. The van der Waals surface area contributed by atoms with Gasteiger partial charge in [-0.1, -0.05) is 30.3 Å². The van der Waals surface area contributed by atoms with Gasteiger partial charge in [-0.25, -0.2) is 4.99 Å². The van der Waals surface area contributed by atoms with Crippen LogP contribution in [0.5, 0.6) is 11.5 Å². The fourth-order valence-electron chi connectivity index (χ4n) is 3.03. The summed E-state index contributed by atoms with van der Waals surface area (Å²) in [6, 6.07) is 16.7. The normalized spacial score (nSPS) is 12.6. The lowest BCUT2D eigenvalue weighted by atomic mass is 10.1. The molecule has 0 amide bonds. The Bertz CT molecular complexity index is 763. The minimum atomic E-state index is 0.358. The summed E-state index contributed by atoms with van der Waals surface area (Å²) in [5, 5.41) is 6.81. The van der Waals surface area contributed by atoms with E-state index in [1.165, 1.54) is 5.56 Å². The average Bonchev–Trinajstić information content (AvgIpc) is 2.75. The quantitative estimate of drug-likeness (QED) is 0.476. The first-order chi connectivity index (χ1) is 14.1. The maximum Gasteiger partial charge on any atom is 0.191 e. The van der Waals surface area contributed by atoms with Crippen LogP contribution in [0.25, 0.3) is 0 Å². The molecule has 0 saturated carbocycles. The molecule has 0 spiro atoms. The number of nitrogens with zero attached hydrogens (tertiary/aromatic N) is 2. The van der Waals surface area contributed by atoms with Crippen LogP contribution in [0.1, 0.15) is 18.1 Å². The summed E-state index contributed by atoms with van der Waals surface area (Å²) in [4.78, 5) is 6.99. The average molecular weight is 399 g/mol. The number of guanidine groups is 1. The number of benzene rings is 2. The Morgan fingerprint density at radius 3 is 2.41 bits per heavy atom. The first-order valence-corrected chi connectivity index (χ1v) is 10.0. The topological polar surface area (TPSA) is 58.1 Å². The molecule has 2 N–H and O–H groups in total. The molecule has 2 aromatic carbocycles. The minimum Gasteiger partial charge on any atom is -0.497 e. The number of rotatable bonds is 10. The molecular weight excluding hydrogens is 364 g/mol. The van der Waals surface area contributed by atoms with Gasteiger partial charge in [-0.15, -0.1) is 0 Å². The van der Waals surface area contributed by atoms with Gasteiger partial charge in [0, 0.05) is 30.8 Å². The monoisotopic (exact) mass is 398 g/mol. The van der Waals surface area contributed by atoms with E-state index in [1.807, 2.05) is 18.2 Å². The van der Waals surface area contributed by atoms with E-state index in [1.54, 1.807) is 14.2 Å². The second-order valence-corrected chi connectivity index (χ2v) is 7.06. The Morgan fingerprint density at radius 1 is 1.03 bits per heavy atom. The van der Waals surface area contributed by atoms with Crippen molar-refractivity contribution < 1.29 is 9.47 Å². The lowest BCUT2D eigenvalue weighted by Crippen LogP contribution is -2.46. The van der Waals surface area contributed by atoms with Gasteiger partial charge in [0.25, 0.3) is 0 Å². The number of aliphatic imine (C=N–C) groups is 1. The summed E-state index contributed by atoms with van der Waals surface area (Å²) in [7, 11) is 7.54. The summed E-state index contributed by atoms with van der Waals surface area (Å²) in [6.45, 7) is 4.19. The molecule has 0 heterocycles. The smallest absolute Gasteiger partial charge is 0.191 e. The molecule has 29 heavy (non-hydrogen) atoms. The molecule has 0 aromatic heterocycles. The number of hydrogen-bond donors (Lipinski definition) is 2. The highest BCUT2D eigenvalue weighted by molar-refractivity contribution is 5.79. The second kappa shape index (κ2) is 12.0. The fraction of sp³-hybridized carbons (Fsp3) is 0.435. The van der Waals surface area contributed by atoms with Crippen molar-refractivity contribution in [2.24, 2.45) is 4.99 Å². The van der Waals surface area contributed by atoms with Crippen LogP contribution in [-0.4, -0.2) is 58.3 Å². The predicted molar refractivity (Wildman–Crippen MR) is 120 cm³/mol. The minimum absolute atomic E-state index is 0.358. The van der Waals surface area contributed by atoms with Crippen LogP contribution in [0.4, 0.5) is 0 Å². The lowest BCUT2D eigenvalue weighted by Gasteiger charge is -2.25. The Labute approximate surface area is 174 Å². The van der Waals surface area contributed by atoms with E-state index in [4.69, 9.17) is 14.5 Å². The van der Waals surface area contributed by atoms with Crippen molar-refractivity contribution in [2.75, 3.05) is 41.4 Å². The molecule has 1 unspecified atom stereocenters. The van der Waals surface area contributed by atoms with Gasteiger partial charge >= 0.3 is 0 Å². The van der Waals surface area contributed by atoms with Crippen LogP contribution in [-0.2, 0) is 13.0 Å². The molecule has 1 atom stereocenters. The van der Waals surface area contributed by atoms with E-state index in [9.17, 15) is 0 Å². The Balaban J connectivity index is 2.04. The molecule has 0 bridgehead atoms. The van der Waals surface area contributed by atoms with Gasteiger partial charge in [0.1, 0.15) is 11.5 Å². The Morgan fingerprint density at radius 2 is 1.79 bits per heavy atom. The molecule has 2 rings (SSSR count). The third-order valence-corrected chi connectivity index (χ3v) is 4.80. The maximum absolute atomic E-state index is 5.48. The molecule has 0 aliphatic heterocycles. The molecule has 0 fully saturated rings. The first kappa shape index (κ1) is 22.6. The molecule has 6 nitrogen and oxygen atoms in total. The number of hydrogen-bond acceptors (Lipinski definition) is 4.